The summed E-state index contributed by atoms with van der Waals surface area (Å²) in [6, 6.07) is 14.3. The summed E-state index contributed by atoms with van der Waals surface area (Å²) in [6.07, 6.45) is 10.1. The molecule has 0 bridgehead atoms. The molecule has 3 heterocycles. The number of rotatable bonds is 9. The van der Waals surface area contributed by atoms with Crippen LogP contribution in [0.25, 0.3) is 11.6 Å². The number of nitrogens with zero attached hydrogens (tertiary/aromatic N) is 5. The lowest BCUT2D eigenvalue weighted by Gasteiger charge is -2.31. The normalized spacial score (nSPS) is 16.9. The monoisotopic (exact) mass is 570 g/mol. The number of nitrogens with one attached hydrogen (secondary N) is 1. The van der Waals surface area contributed by atoms with E-state index in [1.807, 2.05) is 38.1 Å². The van der Waals surface area contributed by atoms with E-state index in [0.29, 0.717) is 28.9 Å². The van der Waals surface area contributed by atoms with Crippen LogP contribution >= 0.6 is 0 Å². The van der Waals surface area contributed by atoms with E-state index in [0.717, 1.165) is 31.4 Å². The molecule has 1 atom stereocenters. The summed E-state index contributed by atoms with van der Waals surface area (Å²) in [5.41, 5.74) is 1.88. The molecule has 2 fully saturated rings. The van der Waals surface area contributed by atoms with E-state index >= 15 is 0 Å². The first-order valence-electron chi connectivity index (χ1n) is 15.1. The highest BCUT2D eigenvalue weighted by atomic mass is 16.3. The predicted molar refractivity (Wildman–Crippen MR) is 157 cm³/mol. The molecule has 0 radical (unpaired) electrons. The van der Waals surface area contributed by atoms with Crippen LogP contribution in [0.15, 0.2) is 57.4 Å². The summed E-state index contributed by atoms with van der Waals surface area (Å²) < 4.78 is 11.6. The number of carbonyl (C=O) groups excluding carboxylic acids is 2. The van der Waals surface area contributed by atoms with Crippen molar-refractivity contribution < 1.29 is 18.4 Å². The molecule has 0 unspecified atom stereocenters. The van der Waals surface area contributed by atoms with Crippen molar-refractivity contribution in [2.24, 2.45) is 0 Å². The molecular weight excluding hydrogens is 532 g/mol. The van der Waals surface area contributed by atoms with Gasteiger partial charge in [-0.1, -0.05) is 44.2 Å². The molecule has 1 aromatic carbocycles. The number of tetrazole rings is 1. The number of amides is 2. The fourth-order valence-corrected chi connectivity index (χ4v) is 6.27. The molecular formula is C32H38N6O4. The van der Waals surface area contributed by atoms with Crippen LogP contribution in [0, 0.1) is 13.8 Å². The average Bonchev–Trinajstić information content (AvgIpc) is 3.82. The molecule has 10 heteroatoms. The number of hydrogen-bond donors (Lipinski definition) is 1. The first-order chi connectivity index (χ1) is 20.4. The Bertz CT molecular complexity index is 1510. The minimum absolute atomic E-state index is 0.0815. The van der Waals surface area contributed by atoms with Gasteiger partial charge in [-0.25, -0.2) is 0 Å². The van der Waals surface area contributed by atoms with E-state index in [1.54, 1.807) is 12.1 Å². The molecule has 2 saturated carbocycles. The van der Waals surface area contributed by atoms with Crippen molar-refractivity contribution in [1.82, 2.24) is 25.5 Å². The number of benzene rings is 1. The van der Waals surface area contributed by atoms with Crippen molar-refractivity contribution in [3.63, 3.8) is 0 Å². The van der Waals surface area contributed by atoms with Crippen molar-refractivity contribution in [2.75, 3.05) is 4.90 Å². The van der Waals surface area contributed by atoms with Gasteiger partial charge in [-0.2, -0.15) is 4.80 Å². The van der Waals surface area contributed by atoms with Crippen LogP contribution in [0.2, 0.25) is 0 Å². The molecule has 3 aromatic heterocycles. The van der Waals surface area contributed by atoms with E-state index in [1.165, 1.54) is 47.4 Å². The lowest BCUT2D eigenvalue weighted by atomic mass is 9.84. The average molecular weight is 571 g/mol. The molecule has 42 heavy (non-hydrogen) atoms. The van der Waals surface area contributed by atoms with Crippen molar-refractivity contribution in [3.8, 4) is 11.6 Å². The van der Waals surface area contributed by atoms with Crippen LogP contribution < -0.4 is 10.2 Å². The maximum Gasteiger partial charge on any atom is 0.251 e. The summed E-state index contributed by atoms with van der Waals surface area (Å²) in [7, 11) is 0. The molecule has 0 aliphatic heterocycles. The largest absolute Gasteiger partial charge is 0.464 e. The Morgan fingerprint density at radius 2 is 1.60 bits per heavy atom. The number of furan rings is 2. The van der Waals surface area contributed by atoms with Gasteiger partial charge in [0, 0.05) is 11.7 Å². The highest BCUT2D eigenvalue weighted by molar-refractivity contribution is 6.01. The van der Waals surface area contributed by atoms with Crippen molar-refractivity contribution >= 4 is 17.5 Å². The van der Waals surface area contributed by atoms with E-state index in [9.17, 15) is 9.59 Å². The van der Waals surface area contributed by atoms with Gasteiger partial charge in [-0.05, 0) is 92.6 Å². The summed E-state index contributed by atoms with van der Waals surface area (Å²) >= 11 is 0. The second kappa shape index (κ2) is 12.3. The smallest absolute Gasteiger partial charge is 0.251 e. The standard InChI is InChI=1S/C32H38N6O4/c1-21-12-18-27(41-21)30(32(40)33-25-10-6-7-11-25)38(26-16-14-24(15-17-26)23-8-4-3-5-9-23)29(39)20-37-35-31(34-36-37)28-19-13-22(2)42-28/h12-19,23,25,30H,3-11,20H2,1-2H3,(H,33,40)/t30-/m0/s1. The molecule has 2 aliphatic carbocycles. The Morgan fingerprint density at radius 1 is 0.905 bits per heavy atom. The lowest BCUT2D eigenvalue weighted by Crippen LogP contribution is -2.47. The van der Waals surface area contributed by atoms with Gasteiger partial charge in [-0.3, -0.25) is 14.5 Å². The number of aromatic nitrogens is 4. The summed E-state index contributed by atoms with van der Waals surface area (Å²) in [5, 5.41) is 15.7. The zero-order valence-electron chi connectivity index (χ0n) is 24.3. The summed E-state index contributed by atoms with van der Waals surface area (Å²) in [4.78, 5) is 30.9. The van der Waals surface area contributed by atoms with Gasteiger partial charge in [0.1, 0.15) is 23.8 Å². The highest BCUT2D eigenvalue weighted by Crippen LogP contribution is 2.35. The number of carbonyl (C=O) groups is 2. The Hall–Kier alpha value is -4.21. The second-order valence-electron chi connectivity index (χ2n) is 11.6. The van der Waals surface area contributed by atoms with Gasteiger partial charge in [0.25, 0.3) is 11.8 Å². The lowest BCUT2D eigenvalue weighted by molar-refractivity contribution is -0.128. The Morgan fingerprint density at radius 3 is 2.26 bits per heavy atom. The quantitative estimate of drug-likeness (QED) is 0.261. The zero-order valence-corrected chi connectivity index (χ0v) is 24.3. The summed E-state index contributed by atoms with van der Waals surface area (Å²) in [6.45, 7) is 3.45. The minimum atomic E-state index is -0.997. The predicted octanol–water partition coefficient (Wildman–Crippen LogP) is 6.02. The maximum absolute atomic E-state index is 14.2. The fourth-order valence-electron chi connectivity index (χ4n) is 6.27. The maximum atomic E-state index is 14.2. The topological polar surface area (TPSA) is 119 Å². The van der Waals surface area contributed by atoms with Crippen LogP contribution in [-0.2, 0) is 16.1 Å². The van der Waals surface area contributed by atoms with Crippen LogP contribution in [0.4, 0.5) is 5.69 Å². The number of hydrogen-bond acceptors (Lipinski definition) is 7. The first-order valence-corrected chi connectivity index (χ1v) is 15.1. The van der Waals surface area contributed by atoms with Crippen LogP contribution in [0.1, 0.15) is 92.6 Å². The van der Waals surface area contributed by atoms with Gasteiger partial charge in [0.2, 0.25) is 5.82 Å². The SMILES string of the molecule is Cc1ccc(-c2nnn(CC(=O)N(c3ccc(C4CCCCC4)cc3)[C@H](C(=O)NC3CCCC3)c3ccc(C)o3)n2)o1. The van der Waals surface area contributed by atoms with Crippen molar-refractivity contribution in [3.05, 3.63) is 71.4 Å². The third-order valence-corrected chi connectivity index (χ3v) is 8.45. The Kier molecular flexibility index (Phi) is 8.21. The van der Waals surface area contributed by atoms with E-state index in [4.69, 9.17) is 8.83 Å². The molecule has 0 saturated heterocycles. The molecule has 0 spiro atoms. The van der Waals surface area contributed by atoms with E-state index in [-0.39, 0.29) is 30.2 Å². The van der Waals surface area contributed by atoms with E-state index in [2.05, 4.69) is 32.9 Å². The highest BCUT2D eigenvalue weighted by Gasteiger charge is 2.37. The van der Waals surface area contributed by atoms with Crippen molar-refractivity contribution in [1.29, 1.82) is 0 Å². The fraction of sp³-hybridized carbons (Fsp3) is 0.469. The van der Waals surface area contributed by atoms with Gasteiger partial charge >= 0.3 is 0 Å². The molecule has 220 valence electrons. The molecule has 4 aromatic rings. The second-order valence-corrected chi connectivity index (χ2v) is 11.6. The number of aryl methyl sites for hydroxylation is 2. The van der Waals surface area contributed by atoms with Crippen molar-refractivity contribution in [2.45, 2.75) is 96.2 Å². The third kappa shape index (κ3) is 6.17. The van der Waals surface area contributed by atoms with Crippen LogP contribution in [-0.4, -0.2) is 38.1 Å². The Balaban J connectivity index is 1.34. The first kappa shape index (κ1) is 27.9. The van der Waals surface area contributed by atoms with Crippen LogP contribution in [0.3, 0.4) is 0 Å². The third-order valence-electron chi connectivity index (χ3n) is 8.45. The minimum Gasteiger partial charge on any atom is -0.464 e. The molecule has 10 nitrogen and oxygen atoms in total. The molecule has 2 amide bonds. The summed E-state index contributed by atoms with van der Waals surface area (Å²) in [5.74, 6) is 2.46. The Labute approximate surface area is 245 Å². The van der Waals surface area contributed by atoms with Gasteiger partial charge in [0.15, 0.2) is 11.8 Å². The zero-order chi connectivity index (χ0) is 29.1. The number of anilines is 1. The van der Waals surface area contributed by atoms with Gasteiger partial charge in [0.05, 0.1) is 0 Å². The molecule has 1 N–H and O–H groups in total. The van der Waals surface area contributed by atoms with Crippen LogP contribution in [0.5, 0.6) is 0 Å². The molecule has 2 aliphatic rings. The molecule has 6 rings (SSSR count). The van der Waals surface area contributed by atoms with Gasteiger partial charge in [-0.15, -0.1) is 10.2 Å². The van der Waals surface area contributed by atoms with E-state index < -0.39 is 6.04 Å². The van der Waals surface area contributed by atoms with Gasteiger partial charge < -0.3 is 14.2 Å².